The molecule has 1 aromatic heterocycles. The first-order valence-electron chi connectivity index (χ1n) is 7.94. The maximum absolute atomic E-state index is 12.3. The van der Waals surface area contributed by atoms with Gasteiger partial charge in [0.2, 0.25) is 5.91 Å². The lowest BCUT2D eigenvalue weighted by molar-refractivity contribution is -0.113. The fourth-order valence-corrected chi connectivity index (χ4v) is 3.90. The van der Waals surface area contributed by atoms with Crippen molar-refractivity contribution in [3.63, 3.8) is 0 Å². The van der Waals surface area contributed by atoms with Crippen molar-refractivity contribution in [3.8, 4) is 5.75 Å². The minimum atomic E-state index is -0.205. The zero-order valence-electron chi connectivity index (χ0n) is 14.6. The molecule has 0 spiro atoms. The summed E-state index contributed by atoms with van der Waals surface area (Å²) >= 11 is 13.4. The minimum Gasteiger partial charge on any atom is -0.495 e. The normalized spacial score (nSPS) is 10.8. The molecule has 1 N–H and O–H groups in total. The van der Waals surface area contributed by atoms with Crippen LogP contribution in [-0.2, 0) is 11.8 Å². The van der Waals surface area contributed by atoms with Gasteiger partial charge in [-0.2, -0.15) is 0 Å². The number of ether oxygens (including phenoxy) is 1. The second kappa shape index (κ2) is 8.25. The number of nitrogens with zero attached hydrogens (tertiary/aromatic N) is 1. The number of carbonyl (C=O) groups excluding carboxylic acids is 1. The van der Waals surface area contributed by atoms with Gasteiger partial charge < -0.3 is 14.6 Å². The number of amides is 1. The molecule has 2 aromatic carbocycles. The lowest BCUT2D eigenvalue weighted by atomic mass is 10.2. The van der Waals surface area contributed by atoms with Crippen LogP contribution in [0.4, 0.5) is 5.69 Å². The van der Waals surface area contributed by atoms with Crippen LogP contribution in [0.25, 0.3) is 10.9 Å². The van der Waals surface area contributed by atoms with E-state index in [4.69, 9.17) is 27.9 Å². The molecule has 1 heterocycles. The van der Waals surface area contributed by atoms with Crippen LogP contribution < -0.4 is 15.6 Å². The molecule has 5 nitrogen and oxygen atoms in total. The van der Waals surface area contributed by atoms with E-state index in [1.165, 1.54) is 29.5 Å². The summed E-state index contributed by atoms with van der Waals surface area (Å²) in [5.74, 6) is 0.479. The summed E-state index contributed by atoms with van der Waals surface area (Å²) in [5, 5.41) is 4.61. The second-order valence-corrected chi connectivity index (χ2v) is 7.61. The zero-order chi connectivity index (χ0) is 19.6. The fraction of sp³-hybridized carbons (Fsp3) is 0.158. The summed E-state index contributed by atoms with van der Waals surface area (Å²) in [6.07, 6.45) is 0. The number of hydrogen-bond acceptors (Lipinski definition) is 4. The Morgan fingerprint density at radius 2 is 1.96 bits per heavy atom. The molecule has 0 saturated carbocycles. The lowest BCUT2D eigenvalue weighted by Gasteiger charge is -2.11. The van der Waals surface area contributed by atoms with Crippen molar-refractivity contribution in [2.75, 3.05) is 18.2 Å². The average Bonchev–Trinajstić information content (AvgIpc) is 2.64. The van der Waals surface area contributed by atoms with Gasteiger partial charge in [-0.3, -0.25) is 9.59 Å². The number of nitrogens with one attached hydrogen (secondary N) is 1. The number of aryl methyl sites for hydroxylation is 1. The Bertz CT molecular complexity index is 1080. The molecule has 8 heteroatoms. The molecule has 0 aliphatic carbocycles. The first-order valence-corrected chi connectivity index (χ1v) is 9.68. The topological polar surface area (TPSA) is 60.3 Å². The monoisotopic (exact) mass is 422 g/mol. The van der Waals surface area contributed by atoms with Crippen molar-refractivity contribution in [1.82, 2.24) is 4.57 Å². The van der Waals surface area contributed by atoms with Gasteiger partial charge in [0.15, 0.2) is 0 Å². The fourth-order valence-electron chi connectivity index (χ4n) is 2.60. The number of thioether (sulfide) groups is 1. The highest BCUT2D eigenvalue weighted by atomic mass is 35.5. The first kappa shape index (κ1) is 19.6. The number of rotatable bonds is 5. The molecule has 27 heavy (non-hydrogen) atoms. The first-order chi connectivity index (χ1) is 12.9. The van der Waals surface area contributed by atoms with E-state index < -0.39 is 0 Å². The van der Waals surface area contributed by atoms with E-state index in [-0.39, 0.29) is 17.2 Å². The van der Waals surface area contributed by atoms with Gasteiger partial charge in [0.05, 0.1) is 23.4 Å². The number of hydrogen-bond donors (Lipinski definition) is 1. The number of methoxy groups -OCH3 is 1. The van der Waals surface area contributed by atoms with Crippen LogP contribution in [0.1, 0.15) is 0 Å². The summed E-state index contributed by atoms with van der Waals surface area (Å²) in [5.41, 5.74) is 1.14. The van der Waals surface area contributed by atoms with E-state index in [0.717, 1.165) is 15.8 Å². The summed E-state index contributed by atoms with van der Waals surface area (Å²) in [6, 6.07) is 11.9. The molecule has 3 rings (SSSR count). The van der Waals surface area contributed by atoms with Crippen LogP contribution in [0.5, 0.6) is 5.75 Å². The van der Waals surface area contributed by atoms with Crippen LogP contribution in [0.3, 0.4) is 0 Å². The van der Waals surface area contributed by atoms with Crippen molar-refractivity contribution in [1.29, 1.82) is 0 Å². The molecule has 0 radical (unpaired) electrons. The van der Waals surface area contributed by atoms with E-state index in [0.29, 0.717) is 21.5 Å². The summed E-state index contributed by atoms with van der Waals surface area (Å²) in [7, 11) is 3.22. The predicted octanol–water partition coefficient (Wildman–Crippen LogP) is 4.58. The maximum Gasteiger partial charge on any atom is 0.251 e. The van der Waals surface area contributed by atoms with Crippen molar-refractivity contribution in [3.05, 3.63) is 62.9 Å². The Balaban J connectivity index is 1.77. The number of fused-ring (bicyclic) bond motifs is 1. The van der Waals surface area contributed by atoms with Crippen LogP contribution in [0.2, 0.25) is 10.0 Å². The van der Waals surface area contributed by atoms with Gasteiger partial charge in [0, 0.05) is 34.1 Å². The number of anilines is 1. The largest absolute Gasteiger partial charge is 0.495 e. The lowest BCUT2D eigenvalue weighted by Crippen LogP contribution is -2.17. The minimum absolute atomic E-state index is 0.147. The van der Waals surface area contributed by atoms with E-state index in [1.54, 1.807) is 37.4 Å². The van der Waals surface area contributed by atoms with E-state index in [1.807, 2.05) is 6.07 Å². The molecule has 0 aliphatic rings. The molecular weight excluding hydrogens is 407 g/mol. The van der Waals surface area contributed by atoms with Crippen molar-refractivity contribution in [2.24, 2.45) is 7.05 Å². The van der Waals surface area contributed by atoms with Crippen LogP contribution >= 0.6 is 35.0 Å². The Kier molecular flexibility index (Phi) is 5.99. The molecule has 0 unspecified atom stereocenters. The predicted molar refractivity (Wildman–Crippen MR) is 112 cm³/mol. The van der Waals surface area contributed by atoms with E-state index in [9.17, 15) is 9.59 Å². The molecule has 1 amide bonds. The van der Waals surface area contributed by atoms with Crippen LogP contribution in [-0.4, -0.2) is 23.3 Å². The van der Waals surface area contributed by atoms with Gasteiger partial charge in [-0.15, -0.1) is 11.8 Å². The number of aromatic nitrogens is 1. The number of halogens is 2. The summed E-state index contributed by atoms with van der Waals surface area (Å²) < 4.78 is 6.62. The summed E-state index contributed by atoms with van der Waals surface area (Å²) in [4.78, 5) is 25.2. The van der Waals surface area contributed by atoms with Crippen molar-refractivity contribution in [2.45, 2.75) is 4.90 Å². The number of pyridine rings is 1. The van der Waals surface area contributed by atoms with Crippen molar-refractivity contribution < 1.29 is 9.53 Å². The third kappa shape index (κ3) is 4.40. The Morgan fingerprint density at radius 1 is 1.19 bits per heavy atom. The van der Waals surface area contributed by atoms with Gasteiger partial charge in [-0.1, -0.05) is 29.3 Å². The molecule has 3 aromatic rings. The highest BCUT2D eigenvalue weighted by molar-refractivity contribution is 8.00. The van der Waals surface area contributed by atoms with Gasteiger partial charge >= 0.3 is 0 Å². The van der Waals surface area contributed by atoms with Gasteiger partial charge in [-0.05, 0) is 30.3 Å². The smallest absolute Gasteiger partial charge is 0.251 e. The maximum atomic E-state index is 12.3. The number of benzene rings is 2. The highest BCUT2D eigenvalue weighted by Crippen LogP contribution is 2.29. The van der Waals surface area contributed by atoms with Crippen LogP contribution in [0, 0.1) is 0 Å². The zero-order valence-corrected chi connectivity index (χ0v) is 16.9. The average molecular weight is 423 g/mol. The number of carbonyl (C=O) groups is 1. The second-order valence-electron chi connectivity index (χ2n) is 5.75. The summed E-state index contributed by atoms with van der Waals surface area (Å²) in [6.45, 7) is 0. The van der Waals surface area contributed by atoms with Gasteiger partial charge in [0.1, 0.15) is 5.75 Å². The standard InChI is InChI=1S/C19H16Cl2N2O3S/c1-23-15-7-11(20)3-5-13(15)17(9-19(23)25)27-10-18(24)22-12-4-6-16(26-2)14(21)8-12/h3-9H,10H2,1-2H3,(H,22,24). The molecule has 0 aliphatic heterocycles. The third-order valence-corrected chi connectivity index (χ3v) is 5.55. The molecule has 0 saturated heterocycles. The Morgan fingerprint density at radius 3 is 2.67 bits per heavy atom. The molecule has 0 bridgehead atoms. The van der Waals surface area contributed by atoms with Crippen molar-refractivity contribution >= 4 is 57.5 Å². The van der Waals surface area contributed by atoms with E-state index >= 15 is 0 Å². The van der Waals surface area contributed by atoms with Gasteiger partial charge in [-0.25, -0.2) is 0 Å². The Hall–Kier alpha value is -2.15. The molecule has 0 fully saturated rings. The molecule has 0 atom stereocenters. The highest BCUT2D eigenvalue weighted by Gasteiger charge is 2.11. The Labute approximate surface area is 170 Å². The van der Waals surface area contributed by atoms with Gasteiger partial charge in [0.25, 0.3) is 5.56 Å². The van der Waals surface area contributed by atoms with Crippen LogP contribution in [0.15, 0.2) is 52.2 Å². The SMILES string of the molecule is COc1ccc(NC(=O)CSc2cc(=O)n(C)c3cc(Cl)ccc23)cc1Cl. The molecule has 140 valence electrons. The quantitative estimate of drug-likeness (QED) is 0.610. The third-order valence-electron chi connectivity index (χ3n) is 3.97. The van der Waals surface area contributed by atoms with E-state index in [2.05, 4.69) is 5.32 Å². The molecular formula is C19H16Cl2N2O3S.